The van der Waals surface area contributed by atoms with Gasteiger partial charge in [-0.15, -0.1) is 0 Å². The van der Waals surface area contributed by atoms with Crippen LogP contribution in [0.15, 0.2) is 47.5 Å². The third kappa shape index (κ3) is 5.25. The van der Waals surface area contributed by atoms with E-state index in [-0.39, 0.29) is 30.5 Å². The Hall–Kier alpha value is -2.49. The second-order valence-corrected chi connectivity index (χ2v) is 7.04. The van der Waals surface area contributed by atoms with Crippen molar-refractivity contribution in [3.8, 4) is 5.88 Å². The largest absolute Gasteiger partial charge is 0.481 e. The molecular formula is C17H21N3O5S. The molecule has 26 heavy (non-hydrogen) atoms. The van der Waals surface area contributed by atoms with Gasteiger partial charge >= 0.3 is 0 Å². The fourth-order valence-electron chi connectivity index (χ4n) is 2.17. The van der Waals surface area contributed by atoms with Gasteiger partial charge in [-0.1, -0.05) is 6.07 Å². The number of carbonyl (C=O) groups is 1. The number of sulfonamides is 1. The summed E-state index contributed by atoms with van der Waals surface area (Å²) < 4.78 is 36.5. The molecule has 0 aliphatic carbocycles. The van der Waals surface area contributed by atoms with Crippen LogP contribution in [0, 0.1) is 0 Å². The van der Waals surface area contributed by atoms with Crippen LogP contribution in [0.5, 0.6) is 5.88 Å². The number of carbonyl (C=O) groups excluding carboxylic acids is 1. The van der Waals surface area contributed by atoms with Gasteiger partial charge in [-0.2, -0.15) is 0 Å². The summed E-state index contributed by atoms with van der Waals surface area (Å²) in [6, 6.07) is 9.23. The molecule has 0 unspecified atom stereocenters. The Kier molecular flexibility index (Phi) is 7.07. The van der Waals surface area contributed by atoms with Gasteiger partial charge in [0.2, 0.25) is 15.9 Å². The number of amides is 1. The molecule has 2 aromatic rings. The first-order valence-electron chi connectivity index (χ1n) is 7.82. The number of nitrogens with one attached hydrogen (secondary N) is 2. The number of benzene rings is 1. The Bertz CT molecular complexity index is 838. The molecule has 9 heteroatoms. The number of hydrogen-bond donors (Lipinski definition) is 2. The van der Waals surface area contributed by atoms with Crippen LogP contribution in [-0.2, 0) is 21.3 Å². The molecule has 2 N–H and O–H groups in total. The fourth-order valence-corrected chi connectivity index (χ4v) is 3.18. The first kappa shape index (κ1) is 19.8. The topological polar surface area (TPSA) is 107 Å². The predicted molar refractivity (Wildman–Crippen MR) is 95.5 cm³/mol. The maximum absolute atomic E-state index is 12.2. The molecule has 0 atom stereocenters. The van der Waals surface area contributed by atoms with Crippen LogP contribution in [0.4, 0.5) is 0 Å². The van der Waals surface area contributed by atoms with Crippen LogP contribution in [-0.4, -0.2) is 46.7 Å². The average Bonchev–Trinajstić information content (AvgIpc) is 2.66. The first-order chi connectivity index (χ1) is 12.5. The highest BCUT2D eigenvalue weighted by atomic mass is 32.2. The zero-order valence-corrected chi connectivity index (χ0v) is 15.4. The molecule has 1 aromatic heterocycles. The van der Waals surface area contributed by atoms with Crippen LogP contribution < -0.4 is 14.8 Å². The van der Waals surface area contributed by atoms with Gasteiger partial charge < -0.3 is 14.8 Å². The molecule has 1 aromatic carbocycles. The van der Waals surface area contributed by atoms with Crippen LogP contribution in [0.3, 0.4) is 0 Å². The molecule has 1 heterocycles. The van der Waals surface area contributed by atoms with Gasteiger partial charge in [0.15, 0.2) is 0 Å². The van der Waals surface area contributed by atoms with Gasteiger partial charge in [0.25, 0.3) is 5.91 Å². The quantitative estimate of drug-likeness (QED) is 0.628. The van der Waals surface area contributed by atoms with E-state index in [0.29, 0.717) is 11.4 Å². The summed E-state index contributed by atoms with van der Waals surface area (Å²) in [7, 11) is -0.629. The van der Waals surface area contributed by atoms with Gasteiger partial charge in [0.05, 0.1) is 18.6 Å². The first-order valence-corrected chi connectivity index (χ1v) is 9.31. The van der Waals surface area contributed by atoms with E-state index in [0.717, 1.165) is 5.56 Å². The molecule has 0 saturated heterocycles. The lowest BCUT2D eigenvalue weighted by Crippen LogP contribution is -2.27. The SMILES string of the molecule is COCCNS(=O)(=O)c1ccc(C(=O)NCc2cccnc2OC)cc1. The zero-order chi connectivity index (χ0) is 19.0. The maximum Gasteiger partial charge on any atom is 0.251 e. The number of hydrogen-bond acceptors (Lipinski definition) is 6. The molecule has 0 aliphatic rings. The molecule has 0 fully saturated rings. The lowest BCUT2D eigenvalue weighted by atomic mass is 10.2. The van der Waals surface area contributed by atoms with E-state index in [9.17, 15) is 13.2 Å². The van der Waals surface area contributed by atoms with E-state index in [1.54, 1.807) is 18.3 Å². The molecule has 0 spiro atoms. The molecular weight excluding hydrogens is 358 g/mol. The lowest BCUT2D eigenvalue weighted by Gasteiger charge is -2.09. The lowest BCUT2D eigenvalue weighted by molar-refractivity contribution is 0.0950. The minimum absolute atomic E-state index is 0.0825. The Morgan fingerprint density at radius 3 is 2.54 bits per heavy atom. The molecule has 2 rings (SSSR count). The van der Waals surface area contributed by atoms with Gasteiger partial charge in [0, 0.05) is 37.5 Å². The van der Waals surface area contributed by atoms with Crippen molar-refractivity contribution in [2.75, 3.05) is 27.4 Å². The number of nitrogens with zero attached hydrogens (tertiary/aromatic N) is 1. The third-order valence-corrected chi connectivity index (χ3v) is 4.98. The average molecular weight is 379 g/mol. The van der Waals surface area contributed by atoms with Crippen molar-refractivity contribution in [2.45, 2.75) is 11.4 Å². The standard InChI is InChI=1S/C17H21N3O5S/c1-24-11-10-20-26(22,23)15-7-5-13(6-8-15)16(21)19-12-14-4-3-9-18-17(14)25-2/h3-9,20H,10-12H2,1-2H3,(H,19,21). The number of pyridine rings is 1. The van der Waals surface area contributed by atoms with Crippen molar-refractivity contribution in [3.63, 3.8) is 0 Å². The monoisotopic (exact) mass is 379 g/mol. The van der Waals surface area contributed by atoms with Crippen molar-refractivity contribution in [1.29, 1.82) is 0 Å². The molecule has 0 radical (unpaired) electrons. The van der Waals surface area contributed by atoms with Crippen molar-refractivity contribution in [1.82, 2.24) is 15.0 Å². The van der Waals surface area contributed by atoms with E-state index in [2.05, 4.69) is 15.0 Å². The van der Waals surface area contributed by atoms with Gasteiger partial charge in [-0.25, -0.2) is 18.1 Å². The van der Waals surface area contributed by atoms with Crippen molar-refractivity contribution < 1.29 is 22.7 Å². The fraction of sp³-hybridized carbons (Fsp3) is 0.294. The highest BCUT2D eigenvalue weighted by molar-refractivity contribution is 7.89. The zero-order valence-electron chi connectivity index (χ0n) is 14.6. The van der Waals surface area contributed by atoms with Crippen LogP contribution in [0.25, 0.3) is 0 Å². The minimum atomic E-state index is -3.63. The molecule has 0 bridgehead atoms. The summed E-state index contributed by atoms with van der Waals surface area (Å²) in [5.41, 5.74) is 1.09. The Morgan fingerprint density at radius 1 is 1.15 bits per heavy atom. The number of aromatic nitrogens is 1. The second-order valence-electron chi connectivity index (χ2n) is 5.27. The van der Waals surface area contributed by atoms with Crippen LogP contribution >= 0.6 is 0 Å². The summed E-state index contributed by atoms with van der Waals surface area (Å²) in [6.45, 7) is 0.694. The van der Waals surface area contributed by atoms with Crippen molar-refractivity contribution in [2.24, 2.45) is 0 Å². The normalized spacial score (nSPS) is 11.2. The Morgan fingerprint density at radius 2 is 1.88 bits per heavy atom. The van der Waals surface area contributed by atoms with Gasteiger partial charge in [0.1, 0.15) is 0 Å². The smallest absolute Gasteiger partial charge is 0.251 e. The summed E-state index contributed by atoms with van der Waals surface area (Å²) in [4.78, 5) is 16.4. The van der Waals surface area contributed by atoms with E-state index in [1.807, 2.05) is 0 Å². The second kappa shape index (κ2) is 9.27. The van der Waals surface area contributed by atoms with Crippen LogP contribution in [0.1, 0.15) is 15.9 Å². The summed E-state index contributed by atoms with van der Waals surface area (Å²) in [6.07, 6.45) is 1.60. The molecule has 1 amide bonds. The van der Waals surface area contributed by atoms with Gasteiger partial charge in [-0.3, -0.25) is 4.79 Å². The van der Waals surface area contributed by atoms with E-state index >= 15 is 0 Å². The van der Waals surface area contributed by atoms with Crippen LogP contribution in [0.2, 0.25) is 0 Å². The summed E-state index contributed by atoms with van der Waals surface area (Å²) in [5.74, 6) is 0.114. The molecule has 140 valence electrons. The number of rotatable bonds is 9. The molecule has 0 aliphatic heterocycles. The maximum atomic E-state index is 12.2. The Balaban J connectivity index is 2.00. The van der Waals surface area contributed by atoms with Crippen molar-refractivity contribution >= 4 is 15.9 Å². The van der Waals surface area contributed by atoms with E-state index in [1.165, 1.54) is 38.5 Å². The van der Waals surface area contributed by atoms with E-state index < -0.39 is 10.0 Å². The number of methoxy groups -OCH3 is 2. The highest BCUT2D eigenvalue weighted by Gasteiger charge is 2.14. The summed E-state index contributed by atoms with van der Waals surface area (Å²) in [5, 5.41) is 2.75. The summed E-state index contributed by atoms with van der Waals surface area (Å²) >= 11 is 0. The van der Waals surface area contributed by atoms with Crippen molar-refractivity contribution in [3.05, 3.63) is 53.7 Å². The molecule has 0 saturated carbocycles. The van der Waals surface area contributed by atoms with E-state index in [4.69, 9.17) is 9.47 Å². The minimum Gasteiger partial charge on any atom is -0.481 e. The Labute approximate surface area is 152 Å². The molecule has 8 nitrogen and oxygen atoms in total. The number of ether oxygens (including phenoxy) is 2. The predicted octanol–water partition coefficient (Wildman–Crippen LogP) is 0.945. The van der Waals surface area contributed by atoms with Gasteiger partial charge in [-0.05, 0) is 30.3 Å². The third-order valence-electron chi connectivity index (χ3n) is 3.51. The highest BCUT2D eigenvalue weighted by Crippen LogP contribution is 2.14.